The van der Waals surface area contributed by atoms with Gasteiger partial charge in [0, 0.05) is 11.9 Å². The molecular weight excluding hydrogens is 326 g/mol. The molecule has 0 aliphatic carbocycles. The maximum Gasteiger partial charge on any atom is 0.339 e. The van der Waals surface area contributed by atoms with Crippen LogP contribution in [0.25, 0.3) is 10.9 Å². The van der Waals surface area contributed by atoms with E-state index in [1.54, 1.807) is 25.1 Å². The number of benzene rings is 1. The zero-order chi connectivity index (χ0) is 18.1. The van der Waals surface area contributed by atoms with Gasteiger partial charge in [-0.15, -0.1) is 0 Å². The van der Waals surface area contributed by atoms with Crippen molar-refractivity contribution in [3.05, 3.63) is 49.8 Å². The van der Waals surface area contributed by atoms with Crippen LogP contribution in [0.1, 0.15) is 30.4 Å². The molecule has 1 aromatic carbocycles. The van der Waals surface area contributed by atoms with Gasteiger partial charge < -0.3 is 9.30 Å². The monoisotopic (exact) mass is 341 g/mol. The smallest absolute Gasteiger partial charge is 0.339 e. The maximum atomic E-state index is 12.7. The molecule has 0 spiro atoms. The van der Waals surface area contributed by atoms with Gasteiger partial charge >= 0.3 is 17.2 Å². The van der Waals surface area contributed by atoms with Gasteiger partial charge in [0.25, 0.3) is 0 Å². The van der Waals surface area contributed by atoms with Crippen molar-refractivity contribution < 1.29 is 14.5 Å². The molecule has 8 heteroatoms. The van der Waals surface area contributed by atoms with E-state index in [4.69, 9.17) is 4.74 Å². The van der Waals surface area contributed by atoms with Crippen molar-refractivity contribution in [3.63, 3.8) is 0 Å². The summed E-state index contributed by atoms with van der Waals surface area (Å²) < 4.78 is 6.25. The molecule has 3 rings (SSSR count). The molecule has 25 heavy (non-hydrogen) atoms. The van der Waals surface area contributed by atoms with Crippen molar-refractivity contribution in [2.75, 3.05) is 6.61 Å². The Kier molecular flexibility index (Phi) is 4.23. The van der Waals surface area contributed by atoms with Crippen LogP contribution in [0, 0.1) is 21.4 Å². The number of rotatable bonds is 4. The number of nitrogens with zero attached hydrogens (tertiary/aromatic N) is 3. The maximum absolute atomic E-state index is 12.7. The number of hydrogen-bond donors (Lipinski definition) is 0. The highest BCUT2D eigenvalue weighted by Crippen LogP contribution is 2.35. The average molecular weight is 341 g/mol. The van der Waals surface area contributed by atoms with Crippen LogP contribution in [0.5, 0.6) is 0 Å². The second-order valence-electron chi connectivity index (χ2n) is 5.71. The molecular formula is C17H15N3O5. The third kappa shape index (κ3) is 2.54. The van der Waals surface area contributed by atoms with E-state index in [0.29, 0.717) is 23.9 Å². The largest absolute Gasteiger partial charge is 0.465 e. The molecule has 1 aliphatic rings. The van der Waals surface area contributed by atoms with Crippen LogP contribution in [-0.2, 0) is 22.5 Å². The number of nitriles is 1. The molecule has 1 unspecified atom stereocenters. The number of aryl methyl sites for hydroxylation is 2. The normalized spacial score (nSPS) is 13.9. The first-order chi connectivity index (χ1) is 12.0. The first-order valence-electron chi connectivity index (χ1n) is 7.90. The van der Waals surface area contributed by atoms with Gasteiger partial charge in [-0.05, 0) is 25.3 Å². The molecule has 0 bridgehead atoms. The van der Waals surface area contributed by atoms with Crippen LogP contribution in [0.4, 0.5) is 5.69 Å². The number of carbonyl (C=O) groups excluding carboxylic acids is 1. The minimum Gasteiger partial charge on any atom is -0.465 e. The van der Waals surface area contributed by atoms with E-state index >= 15 is 0 Å². The predicted molar refractivity (Wildman–Crippen MR) is 88.2 cm³/mol. The summed E-state index contributed by atoms with van der Waals surface area (Å²) in [6.45, 7) is 1.97. The molecule has 0 radical (unpaired) electrons. The van der Waals surface area contributed by atoms with E-state index < -0.39 is 28.1 Å². The molecule has 0 amide bonds. The van der Waals surface area contributed by atoms with Crippen molar-refractivity contribution in [1.82, 2.24) is 4.57 Å². The highest BCUT2D eigenvalue weighted by molar-refractivity contribution is 5.95. The average Bonchev–Trinajstić information content (AvgIpc) is 2.59. The number of para-hydroxylation sites is 1. The van der Waals surface area contributed by atoms with E-state index in [9.17, 15) is 25.0 Å². The first-order valence-corrected chi connectivity index (χ1v) is 7.90. The molecule has 2 aromatic rings. The van der Waals surface area contributed by atoms with Crippen molar-refractivity contribution in [3.8, 4) is 6.07 Å². The zero-order valence-electron chi connectivity index (χ0n) is 13.5. The highest BCUT2D eigenvalue weighted by Gasteiger charge is 2.36. The summed E-state index contributed by atoms with van der Waals surface area (Å²) in [4.78, 5) is 35.7. The lowest BCUT2D eigenvalue weighted by Gasteiger charge is -2.21. The third-order valence-corrected chi connectivity index (χ3v) is 4.33. The van der Waals surface area contributed by atoms with Crippen molar-refractivity contribution in [1.29, 1.82) is 5.26 Å². The Bertz CT molecular complexity index is 986. The summed E-state index contributed by atoms with van der Waals surface area (Å²) in [6.07, 6.45) is 1.42. The van der Waals surface area contributed by atoms with Crippen LogP contribution in [-0.4, -0.2) is 22.1 Å². The summed E-state index contributed by atoms with van der Waals surface area (Å²) in [5, 5.41) is 21.4. The number of nitro groups is 1. The van der Waals surface area contributed by atoms with E-state index in [2.05, 4.69) is 0 Å². The van der Waals surface area contributed by atoms with Gasteiger partial charge in [0.2, 0.25) is 0 Å². The third-order valence-electron chi connectivity index (χ3n) is 4.33. The van der Waals surface area contributed by atoms with E-state index in [1.807, 2.05) is 6.07 Å². The van der Waals surface area contributed by atoms with Crippen molar-refractivity contribution >= 4 is 22.6 Å². The molecule has 0 saturated carbocycles. The fourth-order valence-corrected chi connectivity index (χ4v) is 3.37. The standard InChI is InChI=1S/C17H15N3O5/c1-2-25-17(22)12(9-18)13-11-7-3-5-10-6-4-8-19(14(10)11)16(21)15(13)20(23)24/h3,5,7,12H,2,4,6,8H2,1H3. The minimum atomic E-state index is -1.53. The molecule has 128 valence electrons. The summed E-state index contributed by atoms with van der Waals surface area (Å²) in [6, 6.07) is 6.93. The molecule has 0 N–H and O–H groups in total. The van der Waals surface area contributed by atoms with Crippen LogP contribution in [0.3, 0.4) is 0 Å². The lowest BCUT2D eigenvalue weighted by Crippen LogP contribution is -2.29. The van der Waals surface area contributed by atoms with Gasteiger partial charge in [-0.1, -0.05) is 18.2 Å². The van der Waals surface area contributed by atoms with Gasteiger partial charge in [-0.2, -0.15) is 5.26 Å². The van der Waals surface area contributed by atoms with Crippen molar-refractivity contribution in [2.45, 2.75) is 32.2 Å². The van der Waals surface area contributed by atoms with Gasteiger partial charge in [0.15, 0.2) is 5.92 Å². The summed E-state index contributed by atoms with van der Waals surface area (Å²) in [7, 11) is 0. The molecule has 2 heterocycles. The van der Waals surface area contributed by atoms with Crippen LogP contribution in [0.2, 0.25) is 0 Å². The Morgan fingerprint density at radius 3 is 2.92 bits per heavy atom. The fraction of sp³-hybridized carbons (Fsp3) is 0.353. The molecule has 0 fully saturated rings. The molecule has 0 saturated heterocycles. The number of aromatic nitrogens is 1. The Labute approximate surface area is 142 Å². The summed E-state index contributed by atoms with van der Waals surface area (Å²) in [5.74, 6) is -2.42. The van der Waals surface area contributed by atoms with Crippen molar-refractivity contribution in [2.24, 2.45) is 0 Å². The molecule has 1 aromatic heterocycles. The second kappa shape index (κ2) is 6.36. The topological polar surface area (TPSA) is 115 Å². The van der Waals surface area contributed by atoms with E-state index in [0.717, 1.165) is 12.0 Å². The van der Waals surface area contributed by atoms with Crippen LogP contribution >= 0.6 is 0 Å². The molecule has 8 nitrogen and oxygen atoms in total. The Morgan fingerprint density at radius 1 is 1.52 bits per heavy atom. The number of carbonyl (C=O) groups is 1. The molecule has 1 atom stereocenters. The van der Waals surface area contributed by atoms with Gasteiger partial charge in [0.05, 0.1) is 28.7 Å². The highest BCUT2D eigenvalue weighted by atomic mass is 16.6. The number of pyridine rings is 1. The van der Waals surface area contributed by atoms with E-state index in [1.165, 1.54) is 4.57 Å². The van der Waals surface area contributed by atoms with Crippen LogP contribution < -0.4 is 5.56 Å². The van der Waals surface area contributed by atoms with Crippen LogP contribution in [0.15, 0.2) is 23.0 Å². The number of hydrogen-bond acceptors (Lipinski definition) is 6. The fourth-order valence-electron chi connectivity index (χ4n) is 3.37. The van der Waals surface area contributed by atoms with Gasteiger partial charge in [-0.3, -0.25) is 19.7 Å². The lowest BCUT2D eigenvalue weighted by atomic mass is 9.91. The Morgan fingerprint density at radius 2 is 2.28 bits per heavy atom. The quantitative estimate of drug-likeness (QED) is 0.477. The van der Waals surface area contributed by atoms with Gasteiger partial charge in [0.1, 0.15) is 0 Å². The first kappa shape index (κ1) is 16.6. The van der Waals surface area contributed by atoms with E-state index in [-0.39, 0.29) is 12.2 Å². The summed E-state index contributed by atoms with van der Waals surface area (Å²) >= 11 is 0. The lowest BCUT2D eigenvalue weighted by molar-refractivity contribution is -0.387. The van der Waals surface area contributed by atoms with Gasteiger partial charge in [-0.25, -0.2) is 0 Å². The molecule has 1 aliphatic heterocycles. The number of esters is 1. The minimum absolute atomic E-state index is 0.0328. The Balaban J connectivity index is 2.46. The zero-order valence-corrected chi connectivity index (χ0v) is 13.5. The summed E-state index contributed by atoms with van der Waals surface area (Å²) in [5.41, 5.74) is -0.261. The second-order valence-corrected chi connectivity index (χ2v) is 5.71. The SMILES string of the molecule is CCOC(=O)C(C#N)c1c([N+](=O)[O-])c(=O)n2c3c(cccc13)CCC2. The Hall–Kier alpha value is -3.21. The number of ether oxygens (including phenoxy) is 1. The predicted octanol–water partition coefficient (Wildman–Crippen LogP) is 2.03.